The van der Waals surface area contributed by atoms with Crippen LogP contribution in [-0.2, 0) is 15.9 Å². The summed E-state index contributed by atoms with van der Waals surface area (Å²) in [6, 6.07) is 8.95. The Hall–Kier alpha value is -0.860. The molecule has 0 spiro atoms. The second-order valence-corrected chi connectivity index (χ2v) is 6.47. The summed E-state index contributed by atoms with van der Waals surface area (Å²) >= 11 is 0. The van der Waals surface area contributed by atoms with Gasteiger partial charge in [0.25, 0.3) is 0 Å². The third kappa shape index (κ3) is 5.73. The lowest BCUT2D eigenvalue weighted by atomic mass is 10.0. The van der Waals surface area contributed by atoms with Crippen LogP contribution in [0.1, 0.15) is 76.0 Å². The van der Waals surface area contributed by atoms with Crippen molar-refractivity contribution in [1.29, 1.82) is 0 Å². The lowest BCUT2D eigenvalue weighted by Crippen LogP contribution is -2.31. The summed E-state index contributed by atoms with van der Waals surface area (Å²) in [5, 5.41) is 0. The molecular weight excluding hydrogens is 272 g/mol. The summed E-state index contributed by atoms with van der Waals surface area (Å²) in [4.78, 5) is 0. The van der Waals surface area contributed by atoms with Gasteiger partial charge in [0, 0.05) is 0 Å². The molecule has 2 heteroatoms. The molecule has 2 rings (SSSR count). The first-order valence-corrected chi connectivity index (χ1v) is 9.15. The molecule has 1 aliphatic rings. The molecule has 1 saturated heterocycles. The molecule has 0 aromatic heterocycles. The third-order valence-corrected chi connectivity index (χ3v) is 4.52. The van der Waals surface area contributed by atoms with Gasteiger partial charge in [0.05, 0.1) is 19.3 Å². The minimum absolute atomic E-state index is 0.118. The Labute approximate surface area is 136 Å². The van der Waals surface area contributed by atoms with Gasteiger partial charge in [0.15, 0.2) is 0 Å². The van der Waals surface area contributed by atoms with E-state index in [4.69, 9.17) is 9.47 Å². The molecule has 0 aliphatic carbocycles. The first-order valence-electron chi connectivity index (χ1n) is 9.15. The standard InChI is InChI=1S/C20H32O2/c1-3-5-7-8-9-17-11-13-18(14-12-17)20-16-21-19(15-22-20)10-6-4-2/h11-14,19-20H,3-10,15-16H2,1-2H3/t19-,20-/m1/s1. The Morgan fingerprint density at radius 1 is 0.864 bits per heavy atom. The highest BCUT2D eigenvalue weighted by Crippen LogP contribution is 2.25. The molecule has 0 amide bonds. The second-order valence-electron chi connectivity index (χ2n) is 6.47. The molecule has 2 nitrogen and oxygen atoms in total. The maximum Gasteiger partial charge on any atom is 0.106 e. The van der Waals surface area contributed by atoms with Crippen LogP contribution in [0.5, 0.6) is 0 Å². The van der Waals surface area contributed by atoms with Crippen LogP contribution >= 0.6 is 0 Å². The van der Waals surface area contributed by atoms with Gasteiger partial charge in [0.1, 0.15) is 6.10 Å². The Bertz CT molecular complexity index is 391. The third-order valence-electron chi connectivity index (χ3n) is 4.52. The van der Waals surface area contributed by atoms with E-state index in [1.807, 2.05) is 0 Å². The van der Waals surface area contributed by atoms with Crippen LogP contribution in [0, 0.1) is 0 Å². The van der Waals surface area contributed by atoms with E-state index in [-0.39, 0.29) is 6.10 Å². The number of hydrogen-bond donors (Lipinski definition) is 0. The largest absolute Gasteiger partial charge is 0.373 e. The van der Waals surface area contributed by atoms with Crippen molar-refractivity contribution in [3.05, 3.63) is 35.4 Å². The Balaban J connectivity index is 1.74. The van der Waals surface area contributed by atoms with Crippen LogP contribution < -0.4 is 0 Å². The normalized spacial score (nSPS) is 21.9. The lowest BCUT2D eigenvalue weighted by molar-refractivity contribution is -0.137. The molecule has 1 aromatic rings. The summed E-state index contributed by atoms with van der Waals surface area (Å²) in [5.41, 5.74) is 2.70. The van der Waals surface area contributed by atoms with Crippen LogP contribution in [0.4, 0.5) is 0 Å². The summed E-state index contributed by atoms with van der Waals surface area (Å²) in [6.45, 7) is 5.91. The molecule has 124 valence electrons. The van der Waals surface area contributed by atoms with Crippen LogP contribution in [0.15, 0.2) is 24.3 Å². The van der Waals surface area contributed by atoms with Crippen molar-refractivity contribution >= 4 is 0 Å². The molecule has 0 unspecified atom stereocenters. The second kappa shape index (κ2) is 10.0. The van der Waals surface area contributed by atoms with Crippen molar-refractivity contribution in [3.8, 4) is 0 Å². The van der Waals surface area contributed by atoms with Crippen LogP contribution in [0.3, 0.4) is 0 Å². The molecular formula is C20H32O2. The van der Waals surface area contributed by atoms with Gasteiger partial charge in [-0.15, -0.1) is 0 Å². The number of benzene rings is 1. The molecule has 22 heavy (non-hydrogen) atoms. The SMILES string of the molecule is CCCCCCc1ccc([C@H]2CO[C@H](CCCC)CO2)cc1. The average molecular weight is 304 g/mol. The van der Waals surface area contributed by atoms with Gasteiger partial charge < -0.3 is 9.47 Å². The first kappa shape index (κ1) is 17.5. The van der Waals surface area contributed by atoms with E-state index in [9.17, 15) is 0 Å². The summed E-state index contributed by atoms with van der Waals surface area (Å²) in [6.07, 6.45) is 10.5. The van der Waals surface area contributed by atoms with E-state index < -0.39 is 0 Å². The maximum atomic E-state index is 6.00. The Kier molecular flexibility index (Phi) is 7.96. The van der Waals surface area contributed by atoms with Crippen LogP contribution in [-0.4, -0.2) is 19.3 Å². The zero-order chi connectivity index (χ0) is 15.6. The van der Waals surface area contributed by atoms with E-state index in [1.165, 1.54) is 56.1 Å². The quantitative estimate of drug-likeness (QED) is 0.564. The number of unbranched alkanes of at least 4 members (excludes halogenated alkanes) is 4. The van der Waals surface area contributed by atoms with E-state index in [0.717, 1.165) is 13.0 Å². The van der Waals surface area contributed by atoms with E-state index in [0.29, 0.717) is 12.7 Å². The summed E-state index contributed by atoms with van der Waals surface area (Å²) in [7, 11) is 0. The molecule has 0 N–H and O–H groups in total. The number of aryl methyl sites for hydroxylation is 1. The van der Waals surface area contributed by atoms with Crippen molar-refractivity contribution in [3.63, 3.8) is 0 Å². The van der Waals surface area contributed by atoms with E-state index >= 15 is 0 Å². The van der Waals surface area contributed by atoms with Gasteiger partial charge in [-0.2, -0.15) is 0 Å². The molecule has 2 atom stereocenters. The minimum atomic E-state index is 0.118. The average Bonchev–Trinajstić information content (AvgIpc) is 2.58. The van der Waals surface area contributed by atoms with Crippen LogP contribution in [0.2, 0.25) is 0 Å². The smallest absolute Gasteiger partial charge is 0.106 e. The summed E-state index contributed by atoms with van der Waals surface area (Å²) in [5.74, 6) is 0. The Morgan fingerprint density at radius 2 is 1.64 bits per heavy atom. The van der Waals surface area contributed by atoms with Crippen molar-refractivity contribution in [2.75, 3.05) is 13.2 Å². The lowest BCUT2D eigenvalue weighted by Gasteiger charge is -2.30. The number of ether oxygens (including phenoxy) is 2. The monoisotopic (exact) mass is 304 g/mol. The molecule has 1 fully saturated rings. The molecule has 1 aliphatic heterocycles. The highest BCUT2D eigenvalue weighted by Gasteiger charge is 2.22. The molecule has 0 bridgehead atoms. The minimum Gasteiger partial charge on any atom is -0.373 e. The van der Waals surface area contributed by atoms with Crippen molar-refractivity contribution < 1.29 is 9.47 Å². The van der Waals surface area contributed by atoms with E-state index in [1.54, 1.807) is 0 Å². The predicted molar refractivity (Wildman–Crippen MR) is 92.2 cm³/mol. The fourth-order valence-electron chi connectivity index (χ4n) is 2.99. The van der Waals surface area contributed by atoms with Crippen molar-refractivity contribution in [1.82, 2.24) is 0 Å². The fraction of sp³-hybridized carbons (Fsp3) is 0.700. The Morgan fingerprint density at radius 3 is 2.27 bits per heavy atom. The molecule has 1 aromatic carbocycles. The van der Waals surface area contributed by atoms with Crippen LogP contribution in [0.25, 0.3) is 0 Å². The number of hydrogen-bond acceptors (Lipinski definition) is 2. The van der Waals surface area contributed by atoms with Gasteiger partial charge in [-0.3, -0.25) is 0 Å². The maximum absolute atomic E-state index is 6.00. The first-order chi connectivity index (χ1) is 10.8. The van der Waals surface area contributed by atoms with E-state index in [2.05, 4.69) is 38.1 Å². The highest BCUT2D eigenvalue weighted by molar-refractivity contribution is 5.24. The zero-order valence-electron chi connectivity index (χ0n) is 14.4. The fourth-order valence-corrected chi connectivity index (χ4v) is 2.99. The van der Waals surface area contributed by atoms with Gasteiger partial charge >= 0.3 is 0 Å². The molecule has 1 heterocycles. The van der Waals surface area contributed by atoms with Crippen molar-refractivity contribution in [2.24, 2.45) is 0 Å². The van der Waals surface area contributed by atoms with Gasteiger partial charge in [-0.1, -0.05) is 70.2 Å². The predicted octanol–water partition coefficient (Wildman–Crippen LogP) is 5.46. The topological polar surface area (TPSA) is 18.5 Å². The molecule has 0 radical (unpaired) electrons. The zero-order valence-corrected chi connectivity index (χ0v) is 14.4. The van der Waals surface area contributed by atoms with Gasteiger partial charge in [0.2, 0.25) is 0 Å². The van der Waals surface area contributed by atoms with Crippen molar-refractivity contribution in [2.45, 2.75) is 77.4 Å². The summed E-state index contributed by atoms with van der Waals surface area (Å²) < 4.78 is 11.9. The molecule has 0 saturated carbocycles. The van der Waals surface area contributed by atoms with Gasteiger partial charge in [-0.25, -0.2) is 0 Å². The number of rotatable bonds is 9. The van der Waals surface area contributed by atoms with Gasteiger partial charge in [-0.05, 0) is 30.4 Å². The highest BCUT2D eigenvalue weighted by atomic mass is 16.6.